The van der Waals surface area contributed by atoms with Crippen LogP contribution in [0.1, 0.15) is 22.0 Å². The van der Waals surface area contributed by atoms with Crippen molar-refractivity contribution in [3.63, 3.8) is 0 Å². The Bertz CT molecular complexity index is 931. The molecule has 0 fully saturated rings. The number of hydrogen-bond donors (Lipinski definition) is 1. The first-order valence-electron chi connectivity index (χ1n) is 8.61. The molecular weight excluding hydrogens is 380 g/mol. The number of rotatable bonds is 7. The lowest BCUT2D eigenvalue weighted by Crippen LogP contribution is -2.34. The predicted molar refractivity (Wildman–Crippen MR) is 106 cm³/mol. The number of amides is 1. The van der Waals surface area contributed by atoms with Crippen molar-refractivity contribution in [2.24, 2.45) is 0 Å². The molecule has 0 aliphatic rings. The Morgan fingerprint density at radius 2 is 2.04 bits per heavy atom. The molecule has 8 nitrogen and oxygen atoms in total. The van der Waals surface area contributed by atoms with E-state index in [0.29, 0.717) is 28.6 Å². The molecule has 0 radical (unpaired) electrons. The van der Waals surface area contributed by atoms with Crippen molar-refractivity contribution >= 4 is 17.5 Å². The molecule has 1 atom stereocenters. The SMILES string of the molecule is COc1cc(-n2cnnn2)c(Cl)cc1C(=O)NCC(c1ccccc1)N(C)C. The maximum Gasteiger partial charge on any atom is 0.255 e. The Kier molecular flexibility index (Phi) is 6.23. The molecule has 28 heavy (non-hydrogen) atoms. The molecule has 146 valence electrons. The fourth-order valence-corrected chi connectivity index (χ4v) is 3.14. The first-order valence-corrected chi connectivity index (χ1v) is 8.99. The van der Waals surface area contributed by atoms with E-state index in [1.807, 2.05) is 44.4 Å². The molecule has 1 aromatic heterocycles. The molecule has 0 spiro atoms. The van der Waals surface area contributed by atoms with Crippen LogP contribution in [0.4, 0.5) is 0 Å². The van der Waals surface area contributed by atoms with Gasteiger partial charge in [0, 0.05) is 12.6 Å². The molecule has 0 aliphatic heterocycles. The molecule has 0 saturated carbocycles. The van der Waals surface area contributed by atoms with Gasteiger partial charge in [-0.25, -0.2) is 0 Å². The van der Waals surface area contributed by atoms with Gasteiger partial charge in [-0.15, -0.1) is 5.10 Å². The van der Waals surface area contributed by atoms with Gasteiger partial charge in [-0.2, -0.15) is 4.68 Å². The average molecular weight is 401 g/mol. The number of ether oxygens (including phenoxy) is 1. The number of methoxy groups -OCH3 is 1. The van der Waals surface area contributed by atoms with Gasteiger partial charge < -0.3 is 15.0 Å². The highest BCUT2D eigenvalue weighted by Crippen LogP contribution is 2.29. The number of nitrogens with zero attached hydrogens (tertiary/aromatic N) is 5. The largest absolute Gasteiger partial charge is 0.496 e. The van der Waals surface area contributed by atoms with Crippen LogP contribution in [0.15, 0.2) is 48.8 Å². The van der Waals surface area contributed by atoms with Crippen LogP contribution in [0.5, 0.6) is 5.75 Å². The molecule has 9 heteroatoms. The summed E-state index contributed by atoms with van der Waals surface area (Å²) in [6.45, 7) is 0.436. The molecule has 1 amide bonds. The van der Waals surface area contributed by atoms with Crippen LogP contribution in [0.3, 0.4) is 0 Å². The van der Waals surface area contributed by atoms with Gasteiger partial charge in [0.1, 0.15) is 12.1 Å². The van der Waals surface area contributed by atoms with E-state index in [4.69, 9.17) is 16.3 Å². The van der Waals surface area contributed by atoms with Crippen molar-refractivity contribution in [3.8, 4) is 11.4 Å². The highest BCUT2D eigenvalue weighted by Gasteiger charge is 2.20. The lowest BCUT2D eigenvalue weighted by molar-refractivity contribution is 0.0939. The number of carbonyl (C=O) groups excluding carboxylic acids is 1. The van der Waals surface area contributed by atoms with E-state index in [1.54, 1.807) is 12.1 Å². The number of carbonyl (C=O) groups is 1. The number of hydrogen-bond acceptors (Lipinski definition) is 6. The van der Waals surface area contributed by atoms with Crippen molar-refractivity contribution in [1.29, 1.82) is 0 Å². The first-order chi connectivity index (χ1) is 13.5. The van der Waals surface area contributed by atoms with E-state index in [-0.39, 0.29) is 11.9 Å². The minimum Gasteiger partial charge on any atom is -0.496 e. The van der Waals surface area contributed by atoms with Crippen LogP contribution in [-0.2, 0) is 0 Å². The van der Waals surface area contributed by atoms with E-state index < -0.39 is 0 Å². The molecular formula is C19H21ClN6O2. The lowest BCUT2D eigenvalue weighted by atomic mass is 10.1. The van der Waals surface area contributed by atoms with Crippen molar-refractivity contribution in [2.45, 2.75) is 6.04 Å². The Hall–Kier alpha value is -2.97. The summed E-state index contributed by atoms with van der Waals surface area (Å²) in [6, 6.07) is 13.2. The predicted octanol–water partition coefficient (Wildman–Crippen LogP) is 2.36. The number of likely N-dealkylation sites (N-methyl/N-ethyl adjacent to an activating group) is 1. The van der Waals surface area contributed by atoms with Gasteiger partial charge >= 0.3 is 0 Å². The van der Waals surface area contributed by atoms with Crippen LogP contribution in [-0.4, -0.2) is 58.8 Å². The van der Waals surface area contributed by atoms with E-state index in [9.17, 15) is 4.79 Å². The van der Waals surface area contributed by atoms with Gasteiger partial charge in [0.15, 0.2) is 0 Å². The molecule has 0 saturated heterocycles. The number of aromatic nitrogens is 4. The highest BCUT2D eigenvalue weighted by molar-refractivity contribution is 6.33. The summed E-state index contributed by atoms with van der Waals surface area (Å²) in [5.74, 6) is 0.110. The molecule has 2 aromatic carbocycles. The van der Waals surface area contributed by atoms with Crippen LogP contribution < -0.4 is 10.1 Å². The minimum absolute atomic E-state index is 0.0344. The summed E-state index contributed by atoms with van der Waals surface area (Å²) in [5, 5.41) is 14.3. The van der Waals surface area contributed by atoms with E-state index in [2.05, 4.69) is 25.7 Å². The average Bonchev–Trinajstić information content (AvgIpc) is 3.23. The molecule has 1 unspecified atom stereocenters. The quantitative estimate of drug-likeness (QED) is 0.655. The summed E-state index contributed by atoms with van der Waals surface area (Å²) < 4.78 is 6.79. The zero-order valence-electron chi connectivity index (χ0n) is 15.8. The third-order valence-electron chi connectivity index (χ3n) is 4.37. The molecule has 1 N–H and O–H groups in total. The van der Waals surface area contributed by atoms with Gasteiger partial charge in [-0.1, -0.05) is 41.9 Å². The normalized spacial score (nSPS) is 12.0. The standard InChI is InChI=1S/C19H21ClN6O2/c1-25(2)17(13-7-5-4-6-8-13)11-21-19(27)14-9-15(20)16(10-18(14)28-3)26-12-22-23-24-26/h4-10,12,17H,11H2,1-3H3,(H,21,27). The summed E-state index contributed by atoms with van der Waals surface area (Å²) in [5.41, 5.74) is 1.98. The van der Waals surface area contributed by atoms with Gasteiger partial charge in [-0.3, -0.25) is 4.79 Å². The van der Waals surface area contributed by atoms with Crippen LogP contribution in [0.2, 0.25) is 5.02 Å². The fourth-order valence-electron chi connectivity index (χ4n) is 2.89. The summed E-state index contributed by atoms with van der Waals surface area (Å²) in [7, 11) is 5.44. The van der Waals surface area contributed by atoms with E-state index in [0.717, 1.165) is 5.56 Å². The first kappa shape index (κ1) is 19.8. The maximum atomic E-state index is 12.8. The third kappa shape index (κ3) is 4.29. The van der Waals surface area contributed by atoms with Crippen LogP contribution in [0.25, 0.3) is 5.69 Å². The molecule has 1 heterocycles. The number of nitrogens with one attached hydrogen (secondary N) is 1. The zero-order chi connectivity index (χ0) is 20.1. The monoisotopic (exact) mass is 400 g/mol. The van der Waals surface area contributed by atoms with Gasteiger partial charge in [0.2, 0.25) is 0 Å². The maximum absolute atomic E-state index is 12.8. The van der Waals surface area contributed by atoms with E-state index in [1.165, 1.54) is 18.1 Å². The number of halogens is 1. The van der Waals surface area contributed by atoms with Crippen molar-refractivity contribution in [1.82, 2.24) is 30.4 Å². The summed E-state index contributed by atoms with van der Waals surface area (Å²) in [6.07, 6.45) is 1.42. The lowest BCUT2D eigenvalue weighted by Gasteiger charge is -2.25. The van der Waals surface area contributed by atoms with Gasteiger partial charge in [0.05, 0.1) is 29.4 Å². The Morgan fingerprint density at radius 1 is 1.29 bits per heavy atom. The number of benzene rings is 2. The summed E-state index contributed by atoms with van der Waals surface area (Å²) in [4.78, 5) is 14.9. The number of tetrazole rings is 1. The molecule has 3 aromatic rings. The second-order valence-electron chi connectivity index (χ2n) is 6.36. The zero-order valence-corrected chi connectivity index (χ0v) is 16.6. The smallest absolute Gasteiger partial charge is 0.255 e. The van der Waals surface area contributed by atoms with Crippen LogP contribution in [0, 0.1) is 0 Å². The molecule has 0 bridgehead atoms. The van der Waals surface area contributed by atoms with Crippen molar-refractivity contribution < 1.29 is 9.53 Å². The van der Waals surface area contributed by atoms with Crippen LogP contribution >= 0.6 is 11.6 Å². The molecule has 0 aliphatic carbocycles. The van der Waals surface area contributed by atoms with E-state index >= 15 is 0 Å². The van der Waals surface area contributed by atoms with Crippen molar-refractivity contribution in [3.05, 3.63) is 64.9 Å². The van der Waals surface area contributed by atoms with Gasteiger partial charge in [0.25, 0.3) is 5.91 Å². The fraction of sp³-hybridized carbons (Fsp3) is 0.263. The highest BCUT2D eigenvalue weighted by atomic mass is 35.5. The second kappa shape index (κ2) is 8.81. The summed E-state index contributed by atoms with van der Waals surface area (Å²) >= 11 is 6.34. The van der Waals surface area contributed by atoms with Gasteiger partial charge in [-0.05, 0) is 36.2 Å². The second-order valence-corrected chi connectivity index (χ2v) is 6.77. The minimum atomic E-state index is -0.273. The Balaban J connectivity index is 1.81. The van der Waals surface area contributed by atoms with Crippen molar-refractivity contribution in [2.75, 3.05) is 27.7 Å². The molecule has 3 rings (SSSR count). The Morgan fingerprint density at radius 3 is 2.64 bits per heavy atom. The Labute approximate surface area is 168 Å². The third-order valence-corrected chi connectivity index (χ3v) is 4.68. The topological polar surface area (TPSA) is 85.2 Å².